The van der Waals surface area contributed by atoms with Crippen LogP contribution in [0.5, 0.6) is 0 Å². The number of pyridine rings is 1. The van der Waals surface area contributed by atoms with Crippen molar-refractivity contribution in [2.75, 3.05) is 10.6 Å². The van der Waals surface area contributed by atoms with Gasteiger partial charge in [0.05, 0.1) is 21.7 Å². The summed E-state index contributed by atoms with van der Waals surface area (Å²) >= 11 is 1.48. The van der Waals surface area contributed by atoms with Crippen LogP contribution in [0.1, 0.15) is 57.7 Å². The molecular formula is C26H33N7OS. The minimum absolute atomic E-state index is 0.169. The van der Waals surface area contributed by atoms with Gasteiger partial charge in [0.15, 0.2) is 0 Å². The fourth-order valence-electron chi connectivity index (χ4n) is 3.91. The molecule has 1 fully saturated rings. The highest BCUT2D eigenvalue weighted by molar-refractivity contribution is 8.11. The Bertz CT molecular complexity index is 1120. The topological polar surface area (TPSA) is 101 Å². The minimum Gasteiger partial charge on any atom is -0.393 e. The van der Waals surface area contributed by atoms with Crippen molar-refractivity contribution in [3.8, 4) is 5.69 Å². The van der Waals surface area contributed by atoms with Gasteiger partial charge in [-0.15, -0.1) is 15.0 Å². The third-order valence-electron chi connectivity index (χ3n) is 5.81. The maximum atomic E-state index is 9.73. The standard InChI is InChI=1S/C26H33N7OS/c1-3-4-6-12-23(26-30-32-33(31-26)21-10-7-5-8-11-21)35-19(2)27-24-13-9-14-25(29-24)28-20-15-17-22(34)18-16-20/h5,7-14,20,22,34H,2-4,6,15-18H2,1H3,(H2,27,28,29)/b23-12-/t20-,22-. The summed E-state index contributed by atoms with van der Waals surface area (Å²) in [6.45, 7) is 6.38. The number of thioether (sulfide) groups is 1. The van der Waals surface area contributed by atoms with Gasteiger partial charge in [0.25, 0.3) is 0 Å². The number of anilines is 2. The summed E-state index contributed by atoms with van der Waals surface area (Å²) in [4.78, 5) is 7.15. The second-order valence-electron chi connectivity index (χ2n) is 8.66. The van der Waals surface area contributed by atoms with Crippen LogP contribution in [0.15, 0.2) is 66.2 Å². The van der Waals surface area contributed by atoms with Crippen LogP contribution < -0.4 is 10.6 Å². The molecule has 0 amide bonds. The summed E-state index contributed by atoms with van der Waals surface area (Å²) in [5, 5.41) is 30.4. The number of hydrogen-bond acceptors (Lipinski definition) is 8. The zero-order valence-corrected chi connectivity index (χ0v) is 20.9. The van der Waals surface area contributed by atoms with Gasteiger partial charge in [0, 0.05) is 6.04 Å². The van der Waals surface area contributed by atoms with E-state index in [1.807, 2.05) is 48.5 Å². The lowest BCUT2D eigenvalue weighted by Crippen LogP contribution is -2.28. The first-order valence-electron chi connectivity index (χ1n) is 12.2. The summed E-state index contributed by atoms with van der Waals surface area (Å²) in [5.74, 6) is 2.11. The second kappa shape index (κ2) is 12.5. The number of tetrazole rings is 1. The number of nitrogens with one attached hydrogen (secondary N) is 2. The van der Waals surface area contributed by atoms with Crippen LogP contribution in [0, 0.1) is 0 Å². The molecule has 1 aliphatic rings. The normalized spacial score (nSPS) is 18.3. The van der Waals surface area contributed by atoms with Crippen molar-refractivity contribution in [2.45, 2.75) is 64.0 Å². The number of allylic oxidation sites excluding steroid dienone is 1. The Morgan fingerprint density at radius 1 is 1.11 bits per heavy atom. The highest BCUT2D eigenvalue weighted by Gasteiger charge is 2.19. The Morgan fingerprint density at radius 3 is 2.66 bits per heavy atom. The quantitative estimate of drug-likeness (QED) is 0.297. The van der Waals surface area contributed by atoms with Crippen LogP contribution in [0.4, 0.5) is 11.6 Å². The molecule has 2 heterocycles. The van der Waals surface area contributed by atoms with Crippen molar-refractivity contribution in [2.24, 2.45) is 0 Å². The van der Waals surface area contributed by atoms with Gasteiger partial charge < -0.3 is 15.7 Å². The van der Waals surface area contributed by atoms with Crippen molar-refractivity contribution in [1.82, 2.24) is 25.2 Å². The van der Waals surface area contributed by atoms with Crippen molar-refractivity contribution < 1.29 is 5.11 Å². The Hall–Kier alpha value is -3.17. The van der Waals surface area contributed by atoms with E-state index in [1.54, 1.807) is 4.80 Å². The SMILES string of the molecule is C=C(Nc1cccc(N[C@H]2CC[C@H](O)CC2)n1)S/C(=C\CCCC)c1nnn(-c2ccccc2)n1. The summed E-state index contributed by atoms with van der Waals surface area (Å²) in [6, 6.07) is 15.9. The zero-order chi connectivity index (χ0) is 24.5. The van der Waals surface area contributed by atoms with E-state index >= 15 is 0 Å². The minimum atomic E-state index is -0.169. The molecule has 0 radical (unpaired) electrons. The first-order valence-corrected chi connectivity index (χ1v) is 13.0. The molecule has 3 N–H and O–H groups in total. The van der Waals surface area contributed by atoms with Gasteiger partial charge in [-0.25, -0.2) is 4.98 Å². The molecule has 0 unspecified atom stereocenters. The molecule has 4 rings (SSSR count). The number of benzene rings is 1. The number of hydrogen-bond donors (Lipinski definition) is 3. The van der Waals surface area contributed by atoms with Crippen LogP contribution in [-0.2, 0) is 0 Å². The van der Waals surface area contributed by atoms with Crippen LogP contribution in [0.3, 0.4) is 0 Å². The Morgan fingerprint density at radius 2 is 1.89 bits per heavy atom. The number of rotatable bonds is 11. The van der Waals surface area contributed by atoms with Gasteiger partial charge in [-0.05, 0) is 61.6 Å². The van der Waals surface area contributed by atoms with Gasteiger partial charge >= 0.3 is 0 Å². The summed E-state index contributed by atoms with van der Waals surface area (Å²) < 4.78 is 0. The van der Waals surface area contributed by atoms with Crippen molar-refractivity contribution in [3.05, 3.63) is 72.0 Å². The molecule has 1 aliphatic carbocycles. The van der Waals surface area contributed by atoms with E-state index in [1.165, 1.54) is 11.8 Å². The fourth-order valence-corrected chi connectivity index (χ4v) is 4.71. The molecule has 35 heavy (non-hydrogen) atoms. The summed E-state index contributed by atoms with van der Waals surface area (Å²) in [7, 11) is 0. The Kier molecular flexibility index (Phi) is 8.91. The fraction of sp³-hybridized carbons (Fsp3) is 0.385. The predicted molar refractivity (Wildman–Crippen MR) is 143 cm³/mol. The number of para-hydroxylation sites is 1. The molecule has 0 bridgehead atoms. The Balaban J connectivity index is 1.41. The third-order valence-corrected chi connectivity index (χ3v) is 6.72. The summed E-state index contributed by atoms with van der Waals surface area (Å²) in [5.41, 5.74) is 0.863. The molecule has 9 heteroatoms. The largest absolute Gasteiger partial charge is 0.393 e. The van der Waals surface area contributed by atoms with Gasteiger partial charge in [-0.3, -0.25) is 0 Å². The van der Waals surface area contributed by atoms with Gasteiger partial charge in [-0.1, -0.05) is 68.4 Å². The number of aromatic nitrogens is 5. The van der Waals surface area contributed by atoms with E-state index in [0.29, 0.717) is 11.9 Å². The highest BCUT2D eigenvalue weighted by atomic mass is 32.2. The predicted octanol–water partition coefficient (Wildman–Crippen LogP) is 5.62. The van der Waals surface area contributed by atoms with Gasteiger partial charge in [-0.2, -0.15) is 0 Å². The molecule has 0 spiro atoms. The molecule has 8 nitrogen and oxygen atoms in total. The molecule has 0 atom stereocenters. The first-order chi connectivity index (χ1) is 17.1. The van der Waals surface area contributed by atoms with E-state index in [2.05, 4.69) is 45.6 Å². The van der Waals surface area contributed by atoms with Crippen molar-refractivity contribution in [1.29, 1.82) is 0 Å². The van der Waals surface area contributed by atoms with Crippen LogP contribution >= 0.6 is 11.8 Å². The van der Waals surface area contributed by atoms with E-state index in [-0.39, 0.29) is 6.10 Å². The lowest BCUT2D eigenvalue weighted by Gasteiger charge is -2.26. The number of unbranched alkanes of at least 4 members (excludes halogenated alkanes) is 2. The van der Waals surface area contributed by atoms with Crippen LogP contribution in [0.25, 0.3) is 10.6 Å². The summed E-state index contributed by atoms with van der Waals surface area (Å²) in [6.07, 6.45) is 8.68. The van der Waals surface area contributed by atoms with E-state index in [4.69, 9.17) is 4.98 Å². The van der Waals surface area contributed by atoms with Gasteiger partial charge in [0.2, 0.25) is 5.82 Å². The Labute approximate surface area is 210 Å². The lowest BCUT2D eigenvalue weighted by molar-refractivity contribution is 0.126. The average Bonchev–Trinajstić information content (AvgIpc) is 3.36. The number of aliphatic hydroxyl groups is 1. The third kappa shape index (κ3) is 7.40. The highest BCUT2D eigenvalue weighted by Crippen LogP contribution is 2.32. The lowest BCUT2D eigenvalue weighted by atomic mass is 9.93. The zero-order valence-electron chi connectivity index (χ0n) is 20.1. The number of aliphatic hydroxyl groups excluding tert-OH is 1. The van der Waals surface area contributed by atoms with E-state index in [9.17, 15) is 5.11 Å². The van der Waals surface area contributed by atoms with Crippen molar-refractivity contribution in [3.63, 3.8) is 0 Å². The van der Waals surface area contributed by atoms with Gasteiger partial charge in [0.1, 0.15) is 11.6 Å². The molecule has 0 saturated heterocycles. The molecule has 3 aromatic rings. The molecule has 0 aliphatic heterocycles. The maximum Gasteiger partial charge on any atom is 0.211 e. The first kappa shape index (κ1) is 24.9. The molecule has 1 aromatic carbocycles. The smallest absolute Gasteiger partial charge is 0.211 e. The molecule has 184 valence electrons. The van der Waals surface area contributed by atoms with Crippen LogP contribution in [-0.4, -0.2) is 42.4 Å². The van der Waals surface area contributed by atoms with Crippen molar-refractivity contribution >= 4 is 28.3 Å². The molecule has 1 saturated carbocycles. The maximum absolute atomic E-state index is 9.73. The molecular weight excluding hydrogens is 458 g/mol. The molecule has 2 aromatic heterocycles. The number of nitrogens with zero attached hydrogens (tertiary/aromatic N) is 5. The average molecular weight is 492 g/mol. The second-order valence-corrected chi connectivity index (χ2v) is 9.79. The van der Waals surface area contributed by atoms with E-state index < -0.39 is 0 Å². The van der Waals surface area contributed by atoms with Crippen LogP contribution in [0.2, 0.25) is 0 Å². The monoisotopic (exact) mass is 491 g/mol. The van der Waals surface area contributed by atoms with E-state index in [0.717, 1.165) is 72.2 Å².